The maximum atomic E-state index is 10.7. The Labute approximate surface area is 70.0 Å². The molecule has 0 saturated carbocycles. The monoisotopic (exact) mass is 173 g/mol. The van der Waals surface area contributed by atoms with Crippen molar-refractivity contribution in [1.29, 1.82) is 0 Å². The summed E-state index contributed by atoms with van der Waals surface area (Å²) in [6.07, 6.45) is -0.0600. The molecule has 0 aliphatic heterocycles. The van der Waals surface area contributed by atoms with E-state index in [1.807, 2.05) is 0 Å². The van der Waals surface area contributed by atoms with Crippen LogP contribution in [0.25, 0.3) is 0 Å². The summed E-state index contributed by atoms with van der Waals surface area (Å²) in [5.74, 6) is -1.13. The number of rotatable bonds is 4. The fraction of sp³-hybridized carbons (Fsp3) is 0.429. The van der Waals surface area contributed by atoms with Gasteiger partial charge in [0.15, 0.2) is 0 Å². The van der Waals surface area contributed by atoms with Crippen LogP contribution in [0, 0.1) is 0 Å². The van der Waals surface area contributed by atoms with Gasteiger partial charge in [-0.15, -0.1) is 0 Å². The zero-order valence-electron chi connectivity index (χ0n) is 6.79. The molecule has 5 heteroatoms. The molecular formula is C7H11NO4. The highest BCUT2D eigenvalue weighted by Crippen LogP contribution is 1.92. The van der Waals surface area contributed by atoms with Gasteiger partial charge < -0.3 is 4.74 Å². The van der Waals surface area contributed by atoms with Crippen molar-refractivity contribution in [3.63, 3.8) is 0 Å². The molecule has 0 aromatic rings. The molecule has 2 N–H and O–H groups in total. The zero-order valence-corrected chi connectivity index (χ0v) is 6.79. The summed E-state index contributed by atoms with van der Waals surface area (Å²) < 4.78 is 4.57. The van der Waals surface area contributed by atoms with E-state index >= 15 is 0 Å². The second kappa shape index (κ2) is 5.31. The van der Waals surface area contributed by atoms with Crippen LogP contribution >= 0.6 is 0 Å². The fourth-order valence-electron chi connectivity index (χ4n) is 0.416. The van der Waals surface area contributed by atoms with Gasteiger partial charge in [-0.2, -0.15) is 0 Å². The summed E-state index contributed by atoms with van der Waals surface area (Å²) in [5.41, 5.74) is 1.69. The third kappa shape index (κ3) is 4.45. The van der Waals surface area contributed by atoms with E-state index in [1.165, 1.54) is 12.4 Å². The predicted octanol–water partition coefficient (Wildman–Crippen LogP) is 0.00120. The lowest BCUT2D eigenvalue weighted by Gasteiger charge is -2.02. The van der Waals surface area contributed by atoms with Crippen molar-refractivity contribution in [3.05, 3.63) is 12.2 Å². The molecule has 12 heavy (non-hydrogen) atoms. The number of ether oxygens (including phenoxy) is 1. The number of hydroxylamine groups is 1. The highest BCUT2D eigenvalue weighted by molar-refractivity contribution is 5.87. The Balaban J connectivity index is 3.50. The van der Waals surface area contributed by atoms with Crippen LogP contribution in [0.5, 0.6) is 0 Å². The molecule has 1 amide bonds. The molecule has 0 aromatic heterocycles. The second-order valence-electron chi connectivity index (χ2n) is 2.20. The Kier molecular flexibility index (Phi) is 4.71. The molecule has 0 atom stereocenters. The number of nitrogens with one attached hydrogen (secondary N) is 1. The van der Waals surface area contributed by atoms with E-state index in [4.69, 9.17) is 5.21 Å². The maximum Gasteiger partial charge on any atom is 0.333 e. The van der Waals surface area contributed by atoms with E-state index in [2.05, 4.69) is 11.3 Å². The molecule has 0 bridgehead atoms. The summed E-state index contributed by atoms with van der Waals surface area (Å²) in [6, 6.07) is 0. The van der Waals surface area contributed by atoms with Gasteiger partial charge in [0.2, 0.25) is 5.91 Å². The van der Waals surface area contributed by atoms with Crippen molar-refractivity contribution in [1.82, 2.24) is 5.48 Å². The summed E-state index contributed by atoms with van der Waals surface area (Å²) in [5, 5.41) is 8.05. The van der Waals surface area contributed by atoms with Gasteiger partial charge in [0.1, 0.15) is 6.61 Å². The van der Waals surface area contributed by atoms with Crippen LogP contribution in [0.15, 0.2) is 12.2 Å². The Bertz CT molecular complexity index is 200. The normalized spacial score (nSPS) is 8.83. The standard InChI is InChI=1S/C7H11NO4/c1-5(2)7(10)12-4-3-6(9)8-11/h11H,1,3-4H2,2H3,(H,8,9). The van der Waals surface area contributed by atoms with Gasteiger partial charge in [-0.1, -0.05) is 6.58 Å². The first-order chi connectivity index (χ1) is 5.57. The average Bonchev–Trinajstić information content (AvgIpc) is 2.03. The Morgan fingerprint density at radius 2 is 2.17 bits per heavy atom. The zero-order chi connectivity index (χ0) is 9.56. The number of esters is 1. The molecule has 5 nitrogen and oxygen atoms in total. The lowest BCUT2D eigenvalue weighted by Crippen LogP contribution is -2.21. The highest BCUT2D eigenvalue weighted by Gasteiger charge is 2.04. The fourth-order valence-corrected chi connectivity index (χ4v) is 0.416. The average molecular weight is 173 g/mol. The van der Waals surface area contributed by atoms with Crippen LogP contribution in [0.1, 0.15) is 13.3 Å². The highest BCUT2D eigenvalue weighted by atomic mass is 16.5. The van der Waals surface area contributed by atoms with Gasteiger partial charge >= 0.3 is 5.97 Å². The van der Waals surface area contributed by atoms with Crippen molar-refractivity contribution in [3.8, 4) is 0 Å². The Morgan fingerprint density at radius 3 is 2.58 bits per heavy atom. The van der Waals surface area contributed by atoms with Crippen molar-refractivity contribution < 1.29 is 19.5 Å². The summed E-state index contributed by atoms with van der Waals surface area (Å²) in [6.45, 7) is 4.80. The third-order valence-electron chi connectivity index (χ3n) is 1.04. The van der Waals surface area contributed by atoms with Gasteiger partial charge in [0.25, 0.3) is 0 Å². The predicted molar refractivity (Wildman–Crippen MR) is 40.3 cm³/mol. The summed E-state index contributed by atoms with van der Waals surface area (Å²) in [4.78, 5) is 21.1. The third-order valence-corrected chi connectivity index (χ3v) is 1.04. The van der Waals surface area contributed by atoms with Crippen molar-refractivity contribution in [2.45, 2.75) is 13.3 Å². The van der Waals surface area contributed by atoms with Crippen LogP contribution in [-0.2, 0) is 14.3 Å². The first-order valence-electron chi connectivity index (χ1n) is 3.33. The van der Waals surface area contributed by atoms with E-state index < -0.39 is 11.9 Å². The van der Waals surface area contributed by atoms with Gasteiger partial charge in [-0.05, 0) is 6.92 Å². The molecule has 68 valence electrons. The molecule has 0 heterocycles. The first-order valence-corrected chi connectivity index (χ1v) is 3.33. The largest absolute Gasteiger partial charge is 0.462 e. The van der Waals surface area contributed by atoms with Gasteiger partial charge in [0, 0.05) is 5.57 Å². The number of amides is 1. The summed E-state index contributed by atoms with van der Waals surface area (Å²) >= 11 is 0. The smallest absolute Gasteiger partial charge is 0.333 e. The van der Waals surface area contributed by atoms with E-state index in [-0.39, 0.29) is 18.6 Å². The minimum atomic E-state index is -0.593. The number of carbonyl (C=O) groups is 2. The number of hydrogen-bond acceptors (Lipinski definition) is 4. The van der Waals surface area contributed by atoms with E-state index in [9.17, 15) is 9.59 Å². The van der Waals surface area contributed by atoms with Crippen molar-refractivity contribution in [2.24, 2.45) is 0 Å². The van der Waals surface area contributed by atoms with Crippen LogP contribution in [-0.4, -0.2) is 23.7 Å². The molecule has 0 fully saturated rings. The second-order valence-corrected chi connectivity index (χ2v) is 2.20. The quantitative estimate of drug-likeness (QED) is 0.271. The topological polar surface area (TPSA) is 75.6 Å². The van der Waals surface area contributed by atoms with Gasteiger partial charge in [-0.25, -0.2) is 10.3 Å². The van der Waals surface area contributed by atoms with E-state index in [1.54, 1.807) is 0 Å². The lowest BCUT2D eigenvalue weighted by molar-refractivity contribution is -0.140. The van der Waals surface area contributed by atoms with Crippen molar-refractivity contribution >= 4 is 11.9 Å². The molecule has 0 saturated heterocycles. The van der Waals surface area contributed by atoms with Crippen LogP contribution in [0.4, 0.5) is 0 Å². The number of hydrogen-bond donors (Lipinski definition) is 2. The Morgan fingerprint density at radius 1 is 1.58 bits per heavy atom. The number of carbonyl (C=O) groups excluding carboxylic acids is 2. The maximum absolute atomic E-state index is 10.7. The SMILES string of the molecule is C=C(C)C(=O)OCCC(=O)NO. The van der Waals surface area contributed by atoms with Crippen molar-refractivity contribution in [2.75, 3.05) is 6.61 Å². The van der Waals surface area contributed by atoms with E-state index in [0.29, 0.717) is 0 Å². The molecule has 0 rings (SSSR count). The Hall–Kier alpha value is -1.36. The van der Waals surface area contributed by atoms with Crippen LogP contribution < -0.4 is 5.48 Å². The molecule has 0 unspecified atom stereocenters. The van der Waals surface area contributed by atoms with Gasteiger partial charge in [-0.3, -0.25) is 10.0 Å². The first kappa shape index (κ1) is 10.6. The van der Waals surface area contributed by atoms with Crippen LogP contribution in [0.3, 0.4) is 0 Å². The molecule has 0 aromatic carbocycles. The summed E-state index contributed by atoms with van der Waals surface area (Å²) in [7, 11) is 0. The molecule has 0 radical (unpaired) electrons. The molecule has 0 aliphatic carbocycles. The van der Waals surface area contributed by atoms with Crippen LogP contribution in [0.2, 0.25) is 0 Å². The minimum Gasteiger partial charge on any atom is -0.462 e. The molecular weight excluding hydrogens is 162 g/mol. The minimum absolute atomic E-state index is 0.0575. The van der Waals surface area contributed by atoms with Gasteiger partial charge in [0.05, 0.1) is 6.42 Å². The molecule has 0 aliphatic rings. The van der Waals surface area contributed by atoms with E-state index in [0.717, 1.165) is 0 Å². The lowest BCUT2D eigenvalue weighted by atomic mass is 10.3. The molecule has 0 spiro atoms.